The Hall–Kier alpha value is -1.88. The predicted octanol–water partition coefficient (Wildman–Crippen LogP) is 3.12. The molecule has 0 N–H and O–H groups in total. The highest BCUT2D eigenvalue weighted by Crippen LogP contribution is 2.17. The van der Waals surface area contributed by atoms with Crippen LogP contribution in [-0.4, -0.2) is 29.9 Å². The second kappa shape index (κ2) is 6.52. The van der Waals surface area contributed by atoms with Crippen molar-refractivity contribution in [1.29, 1.82) is 0 Å². The van der Waals surface area contributed by atoms with Crippen molar-refractivity contribution >= 4 is 21.8 Å². The number of halogens is 1. The molecule has 0 aliphatic carbocycles. The smallest absolute Gasteiger partial charge is 0.256 e. The van der Waals surface area contributed by atoms with Gasteiger partial charge in [0.1, 0.15) is 10.4 Å². The van der Waals surface area contributed by atoms with E-state index in [2.05, 4.69) is 20.9 Å². The molecule has 1 amide bonds. The summed E-state index contributed by atoms with van der Waals surface area (Å²) in [4.78, 5) is 18.0. The van der Waals surface area contributed by atoms with Gasteiger partial charge in [-0.05, 0) is 45.8 Å². The van der Waals surface area contributed by atoms with Crippen molar-refractivity contribution in [3.05, 3.63) is 58.3 Å². The summed E-state index contributed by atoms with van der Waals surface area (Å²) in [5.41, 5.74) is 1.60. The lowest BCUT2D eigenvalue weighted by atomic mass is 10.2. The minimum absolute atomic E-state index is 0.0687. The quantitative estimate of drug-likeness (QED) is 0.807. The Kier molecular flexibility index (Phi) is 4.74. The molecular formula is C15H15BrN2O2. The number of carbonyl (C=O) groups is 1. The van der Waals surface area contributed by atoms with Crippen LogP contribution in [-0.2, 0) is 6.54 Å². The number of pyridine rings is 1. The summed E-state index contributed by atoms with van der Waals surface area (Å²) in [7, 11) is 3.40. The van der Waals surface area contributed by atoms with Gasteiger partial charge in [0.2, 0.25) is 0 Å². The topological polar surface area (TPSA) is 42.4 Å². The van der Waals surface area contributed by atoms with Crippen LogP contribution in [0.1, 0.15) is 15.9 Å². The molecule has 5 heteroatoms. The summed E-state index contributed by atoms with van der Waals surface area (Å²) in [6.07, 6.45) is 1.64. The summed E-state index contributed by atoms with van der Waals surface area (Å²) in [5.74, 6) is 0.735. The van der Waals surface area contributed by atoms with Crippen LogP contribution in [0.25, 0.3) is 0 Å². The Morgan fingerprint density at radius 3 is 2.60 bits per heavy atom. The van der Waals surface area contributed by atoms with Gasteiger partial charge in [-0.25, -0.2) is 4.98 Å². The second-order valence-corrected chi connectivity index (χ2v) is 5.10. The number of methoxy groups -OCH3 is 1. The van der Waals surface area contributed by atoms with Gasteiger partial charge in [0.25, 0.3) is 5.91 Å². The molecule has 0 atom stereocenters. The SMILES string of the molecule is COc1ccc(CN(C)C(=O)c2cccnc2Br)cc1. The summed E-state index contributed by atoms with van der Waals surface area (Å²) in [6, 6.07) is 11.2. The molecule has 0 saturated carbocycles. The molecule has 104 valence electrons. The molecule has 1 heterocycles. The maximum absolute atomic E-state index is 12.3. The number of hydrogen-bond donors (Lipinski definition) is 0. The van der Waals surface area contributed by atoms with Gasteiger partial charge in [0, 0.05) is 19.8 Å². The number of benzene rings is 1. The Labute approximate surface area is 126 Å². The van der Waals surface area contributed by atoms with E-state index < -0.39 is 0 Å². The van der Waals surface area contributed by atoms with Gasteiger partial charge in [0.15, 0.2) is 0 Å². The average molecular weight is 335 g/mol. The predicted molar refractivity (Wildman–Crippen MR) is 80.7 cm³/mol. The van der Waals surface area contributed by atoms with E-state index in [0.717, 1.165) is 11.3 Å². The lowest BCUT2D eigenvalue weighted by Crippen LogP contribution is -2.26. The van der Waals surface area contributed by atoms with Gasteiger partial charge in [-0.3, -0.25) is 4.79 Å². The zero-order chi connectivity index (χ0) is 14.5. The molecule has 0 aliphatic rings. The molecular weight excluding hydrogens is 320 g/mol. The Morgan fingerprint density at radius 1 is 1.30 bits per heavy atom. The minimum atomic E-state index is -0.0687. The van der Waals surface area contributed by atoms with Gasteiger partial charge < -0.3 is 9.64 Å². The van der Waals surface area contributed by atoms with E-state index in [1.807, 2.05) is 24.3 Å². The highest BCUT2D eigenvalue weighted by Gasteiger charge is 2.15. The zero-order valence-electron chi connectivity index (χ0n) is 11.3. The van der Waals surface area contributed by atoms with Gasteiger partial charge in [-0.15, -0.1) is 0 Å². The number of nitrogens with zero attached hydrogens (tertiary/aromatic N) is 2. The van der Waals surface area contributed by atoms with E-state index >= 15 is 0 Å². The molecule has 1 aromatic carbocycles. The first-order chi connectivity index (χ1) is 9.61. The van der Waals surface area contributed by atoms with Crippen molar-refractivity contribution in [2.24, 2.45) is 0 Å². The third-order valence-electron chi connectivity index (χ3n) is 2.91. The molecule has 2 rings (SSSR count). The highest BCUT2D eigenvalue weighted by molar-refractivity contribution is 9.10. The molecule has 0 fully saturated rings. The number of amides is 1. The van der Waals surface area contributed by atoms with E-state index in [9.17, 15) is 4.79 Å². The highest BCUT2D eigenvalue weighted by atomic mass is 79.9. The molecule has 0 saturated heterocycles. The van der Waals surface area contributed by atoms with Crippen LogP contribution < -0.4 is 4.74 Å². The third kappa shape index (κ3) is 3.36. The van der Waals surface area contributed by atoms with Gasteiger partial charge in [-0.1, -0.05) is 12.1 Å². The fraction of sp³-hybridized carbons (Fsp3) is 0.200. The van der Waals surface area contributed by atoms with Crippen LogP contribution in [0.2, 0.25) is 0 Å². The molecule has 0 bridgehead atoms. The van der Waals surface area contributed by atoms with Crippen molar-refractivity contribution in [1.82, 2.24) is 9.88 Å². The molecule has 1 aromatic heterocycles. The lowest BCUT2D eigenvalue weighted by Gasteiger charge is -2.18. The lowest BCUT2D eigenvalue weighted by molar-refractivity contribution is 0.0783. The van der Waals surface area contributed by atoms with Crippen molar-refractivity contribution in [2.75, 3.05) is 14.2 Å². The van der Waals surface area contributed by atoms with Crippen LogP contribution in [0.15, 0.2) is 47.2 Å². The summed E-state index contributed by atoms with van der Waals surface area (Å²) in [5, 5.41) is 0. The molecule has 20 heavy (non-hydrogen) atoms. The number of carbonyl (C=O) groups excluding carboxylic acids is 1. The Bertz CT molecular complexity index is 599. The maximum Gasteiger partial charge on any atom is 0.256 e. The first kappa shape index (κ1) is 14.5. The van der Waals surface area contributed by atoms with E-state index in [1.165, 1.54) is 0 Å². The Balaban J connectivity index is 2.09. The van der Waals surface area contributed by atoms with Crippen LogP contribution >= 0.6 is 15.9 Å². The normalized spacial score (nSPS) is 10.2. The number of ether oxygens (including phenoxy) is 1. The molecule has 0 unspecified atom stereocenters. The van der Waals surface area contributed by atoms with E-state index in [1.54, 1.807) is 37.4 Å². The first-order valence-electron chi connectivity index (χ1n) is 6.10. The number of rotatable bonds is 4. The van der Waals surface area contributed by atoms with Crippen molar-refractivity contribution in [3.63, 3.8) is 0 Å². The molecule has 0 aliphatic heterocycles. The van der Waals surface area contributed by atoms with Crippen molar-refractivity contribution in [2.45, 2.75) is 6.54 Å². The van der Waals surface area contributed by atoms with E-state index in [-0.39, 0.29) is 5.91 Å². The molecule has 0 spiro atoms. The number of hydrogen-bond acceptors (Lipinski definition) is 3. The van der Waals surface area contributed by atoms with Crippen LogP contribution in [0.4, 0.5) is 0 Å². The third-order valence-corrected chi connectivity index (χ3v) is 3.55. The second-order valence-electron chi connectivity index (χ2n) is 4.35. The maximum atomic E-state index is 12.3. The zero-order valence-corrected chi connectivity index (χ0v) is 12.9. The van der Waals surface area contributed by atoms with Crippen LogP contribution in [0, 0.1) is 0 Å². The van der Waals surface area contributed by atoms with Crippen molar-refractivity contribution in [3.8, 4) is 5.75 Å². The van der Waals surface area contributed by atoms with Crippen LogP contribution in [0.5, 0.6) is 5.75 Å². The average Bonchev–Trinajstić information content (AvgIpc) is 2.48. The fourth-order valence-electron chi connectivity index (χ4n) is 1.83. The van der Waals surface area contributed by atoms with Gasteiger partial charge in [0.05, 0.1) is 12.7 Å². The largest absolute Gasteiger partial charge is 0.497 e. The minimum Gasteiger partial charge on any atom is -0.497 e. The molecule has 4 nitrogen and oxygen atoms in total. The van der Waals surface area contributed by atoms with Crippen LogP contribution in [0.3, 0.4) is 0 Å². The van der Waals surface area contributed by atoms with Gasteiger partial charge in [-0.2, -0.15) is 0 Å². The first-order valence-corrected chi connectivity index (χ1v) is 6.90. The summed E-state index contributed by atoms with van der Waals surface area (Å²) >= 11 is 3.29. The monoisotopic (exact) mass is 334 g/mol. The fourth-order valence-corrected chi connectivity index (χ4v) is 2.25. The van der Waals surface area contributed by atoms with E-state index in [0.29, 0.717) is 16.7 Å². The Morgan fingerprint density at radius 2 is 2.00 bits per heavy atom. The van der Waals surface area contributed by atoms with E-state index in [4.69, 9.17) is 4.74 Å². The summed E-state index contributed by atoms with van der Waals surface area (Å²) < 4.78 is 5.67. The molecule has 2 aromatic rings. The van der Waals surface area contributed by atoms with Crippen molar-refractivity contribution < 1.29 is 9.53 Å². The molecule has 0 radical (unpaired) electrons. The summed E-state index contributed by atoms with van der Waals surface area (Å²) in [6.45, 7) is 0.532. The standard InChI is InChI=1S/C15H15BrN2O2/c1-18(10-11-5-7-12(20-2)8-6-11)15(19)13-4-3-9-17-14(13)16/h3-9H,10H2,1-2H3. The van der Waals surface area contributed by atoms with Gasteiger partial charge >= 0.3 is 0 Å². The number of aromatic nitrogens is 1.